The zero-order valence-corrected chi connectivity index (χ0v) is 22.8. The predicted molar refractivity (Wildman–Crippen MR) is 159 cm³/mol. The summed E-state index contributed by atoms with van der Waals surface area (Å²) in [6, 6.07) is 19.3. The number of nitro benzene ring substituents is 1. The summed E-state index contributed by atoms with van der Waals surface area (Å²) in [6.07, 6.45) is 1.68. The molecule has 0 unspecified atom stereocenters. The van der Waals surface area contributed by atoms with Crippen LogP contribution in [0, 0.1) is 10.1 Å². The van der Waals surface area contributed by atoms with Gasteiger partial charge in [-0.05, 0) is 74.3 Å². The lowest BCUT2D eigenvalue weighted by molar-refractivity contribution is -0.384. The average Bonchev–Trinajstić information content (AvgIpc) is 3.14. The second kappa shape index (κ2) is 11.8. The van der Waals surface area contributed by atoms with Gasteiger partial charge in [-0.1, -0.05) is 12.1 Å². The molecule has 1 amide bonds. The minimum Gasteiger partial charge on any atom is -0.378 e. The Morgan fingerprint density at radius 2 is 1.82 bits per heavy atom. The van der Waals surface area contributed by atoms with E-state index in [2.05, 4.69) is 20.8 Å². The summed E-state index contributed by atoms with van der Waals surface area (Å²) in [4.78, 5) is 34.0. The zero-order chi connectivity index (χ0) is 28.1. The number of nitrogens with zero attached hydrogens (tertiary/aromatic N) is 6. The number of hydrogen-bond donors (Lipinski definition) is 2. The first-order valence-corrected chi connectivity index (χ1v) is 12.3. The van der Waals surface area contributed by atoms with Gasteiger partial charge in [0.05, 0.1) is 29.2 Å². The maximum absolute atomic E-state index is 13.2. The molecule has 12 heteroatoms. The van der Waals surface area contributed by atoms with E-state index in [9.17, 15) is 14.9 Å². The molecule has 0 saturated carbocycles. The number of anilines is 3. The van der Waals surface area contributed by atoms with E-state index in [0.29, 0.717) is 34.4 Å². The van der Waals surface area contributed by atoms with Crippen LogP contribution in [-0.2, 0) is 4.79 Å². The highest BCUT2D eigenvalue weighted by Crippen LogP contribution is 2.34. The van der Waals surface area contributed by atoms with E-state index < -0.39 is 4.92 Å². The number of amides is 1. The Balaban J connectivity index is 1.46. The topological polar surface area (TPSA) is 119 Å². The molecule has 0 aromatic heterocycles. The molecular formula is C27H28N8O3S. The maximum Gasteiger partial charge on any atom is 0.278 e. The van der Waals surface area contributed by atoms with Crippen LogP contribution in [0.2, 0.25) is 0 Å². The average molecular weight is 545 g/mol. The van der Waals surface area contributed by atoms with E-state index >= 15 is 0 Å². The van der Waals surface area contributed by atoms with Gasteiger partial charge < -0.3 is 10.2 Å². The molecule has 0 fully saturated rings. The standard InChI is InChI=1S/C27H28N8O3S/c1-32(2)17-34-24-13-12-22(35(37)38)15-23(24)25(26(34)36)29-19-8-10-20(11-9-19)30-27(39)31-28-16-18-6-5-7-21(14-18)33(3)4/h5-16H,17H2,1-4H3,(H2,30,31,39). The number of carbonyl (C=O) groups is 1. The Bertz CT molecular complexity index is 1470. The molecular weight excluding hydrogens is 516 g/mol. The summed E-state index contributed by atoms with van der Waals surface area (Å²) in [7, 11) is 7.63. The summed E-state index contributed by atoms with van der Waals surface area (Å²) in [6.45, 7) is 0.319. The summed E-state index contributed by atoms with van der Waals surface area (Å²) < 4.78 is 0. The Labute approximate surface area is 231 Å². The zero-order valence-electron chi connectivity index (χ0n) is 22.0. The van der Waals surface area contributed by atoms with E-state index in [0.717, 1.165) is 11.3 Å². The SMILES string of the molecule is CN(C)CN1C(=O)C(=Nc2ccc(NC(=S)NN=Cc3cccc(N(C)C)c3)cc2)c2cc([N+](=O)[O-])ccc21. The van der Waals surface area contributed by atoms with Gasteiger partial charge in [-0.25, -0.2) is 4.99 Å². The highest BCUT2D eigenvalue weighted by Gasteiger charge is 2.35. The first kappa shape index (κ1) is 27.4. The number of aliphatic imine (C=N–C) groups is 1. The summed E-state index contributed by atoms with van der Waals surface area (Å²) in [5.41, 5.74) is 7.07. The molecule has 0 atom stereocenters. The second-order valence-corrected chi connectivity index (χ2v) is 9.64. The molecule has 2 N–H and O–H groups in total. The Morgan fingerprint density at radius 3 is 2.49 bits per heavy atom. The Morgan fingerprint density at radius 1 is 1.08 bits per heavy atom. The second-order valence-electron chi connectivity index (χ2n) is 9.23. The number of benzene rings is 3. The molecule has 0 saturated heterocycles. The number of carbonyl (C=O) groups excluding carboxylic acids is 1. The van der Waals surface area contributed by atoms with E-state index in [1.54, 1.807) is 41.4 Å². The lowest BCUT2D eigenvalue weighted by Gasteiger charge is -2.21. The monoisotopic (exact) mass is 544 g/mol. The molecule has 1 aliphatic rings. The van der Waals surface area contributed by atoms with Crippen LogP contribution in [0.5, 0.6) is 0 Å². The molecule has 3 aromatic carbocycles. The molecule has 200 valence electrons. The third kappa shape index (κ3) is 6.61. The Hall–Kier alpha value is -4.68. The Kier molecular flexibility index (Phi) is 8.27. The van der Waals surface area contributed by atoms with Crippen LogP contribution in [0.3, 0.4) is 0 Å². The highest BCUT2D eigenvalue weighted by atomic mass is 32.1. The summed E-state index contributed by atoms with van der Waals surface area (Å²) >= 11 is 5.33. The van der Waals surface area contributed by atoms with Crippen LogP contribution in [0.15, 0.2) is 76.8 Å². The summed E-state index contributed by atoms with van der Waals surface area (Å²) in [5, 5.41) is 18.9. The molecule has 3 aromatic rings. The molecule has 0 spiro atoms. The van der Waals surface area contributed by atoms with Crippen LogP contribution >= 0.6 is 12.2 Å². The van der Waals surface area contributed by atoms with Crippen molar-refractivity contribution in [2.75, 3.05) is 50.0 Å². The quantitative estimate of drug-likeness (QED) is 0.189. The number of fused-ring (bicyclic) bond motifs is 1. The van der Waals surface area contributed by atoms with Crippen molar-refractivity contribution in [2.24, 2.45) is 10.1 Å². The van der Waals surface area contributed by atoms with Gasteiger partial charge >= 0.3 is 0 Å². The van der Waals surface area contributed by atoms with Gasteiger partial charge in [-0.15, -0.1) is 0 Å². The number of hydrogen-bond acceptors (Lipinski definition) is 8. The molecule has 1 aliphatic heterocycles. The van der Waals surface area contributed by atoms with Crippen molar-refractivity contribution in [3.8, 4) is 0 Å². The van der Waals surface area contributed by atoms with Crippen molar-refractivity contribution in [1.82, 2.24) is 10.3 Å². The lowest BCUT2D eigenvalue weighted by Crippen LogP contribution is -2.37. The molecule has 0 radical (unpaired) electrons. The van der Waals surface area contributed by atoms with Crippen molar-refractivity contribution in [2.45, 2.75) is 0 Å². The van der Waals surface area contributed by atoms with Crippen molar-refractivity contribution in [1.29, 1.82) is 0 Å². The van der Waals surface area contributed by atoms with Crippen molar-refractivity contribution in [3.05, 3.63) is 88.0 Å². The van der Waals surface area contributed by atoms with Crippen LogP contribution in [0.4, 0.5) is 28.4 Å². The number of thiocarbonyl (C=S) groups is 1. The third-order valence-corrected chi connectivity index (χ3v) is 5.93. The van der Waals surface area contributed by atoms with Crippen molar-refractivity contribution in [3.63, 3.8) is 0 Å². The lowest BCUT2D eigenvalue weighted by atomic mass is 10.1. The predicted octanol–water partition coefficient (Wildman–Crippen LogP) is 3.97. The van der Waals surface area contributed by atoms with Crippen LogP contribution in [-0.4, -0.2) is 67.6 Å². The third-order valence-electron chi connectivity index (χ3n) is 5.74. The van der Waals surface area contributed by atoms with Crippen LogP contribution in [0.1, 0.15) is 11.1 Å². The normalized spacial score (nSPS) is 13.7. The molecule has 4 rings (SSSR count). The number of nitrogens with one attached hydrogen (secondary N) is 2. The molecule has 1 heterocycles. The fourth-order valence-corrected chi connectivity index (χ4v) is 4.07. The minimum absolute atomic E-state index is 0.102. The van der Waals surface area contributed by atoms with E-state index in [4.69, 9.17) is 12.2 Å². The van der Waals surface area contributed by atoms with Gasteiger partial charge in [0.25, 0.3) is 11.6 Å². The molecule has 0 bridgehead atoms. The number of rotatable bonds is 8. The van der Waals surface area contributed by atoms with E-state index in [1.165, 1.54) is 12.1 Å². The first-order valence-electron chi connectivity index (χ1n) is 11.9. The minimum atomic E-state index is -0.487. The van der Waals surface area contributed by atoms with E-state index in [-0.39, 0.29) is 17.3 Å². The fourth-order valence-electron chi connectivity index (χ4n) is 3.90. The van der Waals surface area contributed by atoms with Gasteiger partial charge in [0.1, 0.15) is 5.71 Å². The van der Waals surface area contributed by atoms with Crippen LogP contribution < -0.4 is 20.5 Å². The van der Waals surface area contributed by atoms with Gasteiger partial charge in [-0.3, -0.25) is 30.1 Å². The smallest absolute Gasteiger partial charge is 0.278 e. The molecule has 0 aliphatic carbocycles. The largest absolute Gasteiger partial charge is 0.378 e. The molecule has 11 nitrogen and oxygen atoms in total. The van der Waals surface area contributed by atoms with Crippen molar-refractivity contribution >= 4 is 63.6 Å². The van der Waals surface area contributed by atoms with Gasteiger partial charge in [0.2, 0.25) is 0 Å². The number of nitro groups is 1. The highest BCUT2D eigenvalue weighted by molar-refractivity contribution is 7.80. The van der Waals surface area contributed by atoms with Gasteiger partial charge in [-0.2, -0.15) is 5.10 Å². The van der Waals surface area contributed by atoms with Gasteiger partial charge in [0, 0.05) is 43.2 Å². The maximum atomic E-state index is 13.2. The van der Waals surface area contributed by atoms with E-state index in [1.807, 2.05) is 62.3 Å². The van der Waals surface area contributed by atoms with Crippen LogP contribution in [0.25, 0.3) is 0 Å². The summed E-state index contributed by atoms with van der Waals surface area (Å²) in [5.74, 6) is -0.319. The number of hydrazone groups is 1. The fraction of sp³-hybridized carbons (Fsp3) is 0.185. The van der Waals surface area contributed by atoms with Gasteiger partial charge in [0.15, 0.2) is 5.11 Å². The first-order chi connectivity index (χ1) is 18.6. The number of non-ortho nitro benzene ring substituents is 1. The van der Waals surface area contributed by atoms with Crippen molar-refractivity contribution < 1.29 is 9.72 Å². The molecule has 39 heavy (non-hydrogen) atoms.